The van der Waals surface area contributed by atoms with Crippen LogP contribution in [0, 0.1) is 27.7 Å². The van der Waals surface area contributed by atoms with Crippen molar-refractivity contribution in [2.24, 2.45) is 4.99 Å². The van der Waals surface area contributed by atoms with E-state index in [4.69, 9.17) is 35.4 Å². The number of fused-ring (bicyclic) bond motifs is 3. The second-order valence-corrected chi connectivity index (χ2v) is 23.4. The van der Waals surface area contributed by atoms with Crippen LogP contribution >= 0.6 is 0 Å². The Bertz CT molecular complexity index is 3520. The SMILES string of the molecule is CN1CCC(N2Cc3cc(N)c(N)cc3C2=O)CC1.COc1ccc(NC[C@@H](O)COc2ccc(C)cc2C)c(C2=Nc3cc4c(cc3C2)C(=O)N(C2CCN(C)CC2)C4)c1O.COc1ccc(NC[C@@H](O)COc2ccc(C)cc2C)c(C=O)c1O. The first-order valence-corrected chi connectivity index (χ1v) is 29.6. The number of anilines is 4. The maximum absolute atomic E-state index is 13.4. The molecule has 0 aromatic heterocycles. The van der Waals surface area contributed by atoms with Gasteiger partial charge in [0, 0.05) is 67.2 Å². The van der Waals surface area contributed by atoms with Gasteiger partial charge in [-0.3, -0.25) is 19.4 Å². The van der Waals surface area contributed by atoms with Gasteiger partial charge in [-0.05, 0) is 182 Å². The maximum Gasteiger partial charge on any atom is 0.254 e. The molecular formula is C67H83N9O11. The number of carbonyl (C=O) groups is 3. The van der Waals surface area contributed by atoms with E-state index in [1.807, 2.05) is 98.2 Å². The number of benzene rings is 6. The van der Waals surface area contributed by atoms with Crippen molar-refractivity contribution >= 4 is 52.2 Å². The summed E-state index contributed by atoms with van der Waals surface area (Å²) in [7, 11) is 7.17. The Morgan fingerprint density at radius 1 is 0.609 bits per heavy atom. The highest BCUT2D eigenvalue weighted by molar-refractivity contribution is 6.13. The number of nitrogens with one attached hydrogen (secondary N) is 2. The summed E-state index contributed by atoms with van der Waals surface area (Å²) in [5.74, 6) is 1.97. The third kappa shape index (κ3) is 14.7. The van der Waals surface area contributed by atoms with Crippen molar-refractivity contribution in [3.05, 3.63) is 146 Å². The van der Waals surface area contributed by atoms with Crippen molar-refractivity contribution in [2.45, 2.75) is 97.2 Å². The molecule has 5 aliphatic heterocycles. The van der Waals surface area contributed by atoms with E-state index in [1.54, 1.807) is 24.3 Å². The van der Waals surface area contributed by atoms with Crippen molar-refractivity contribution in [1.29, 1.82) is 0 Å². The van der Waals surface area contributed by atoms with Gasteiger partial charge in [-0.15, -0.1) is 0 Å². The van der Waals surface area contributed by atoms with Crippen LogP contribution in [0.25, 0.3) is 0 Å². The van der Waals surface area contributed by atoms with Gasteiger partial charge in [-0.1, -0.05) is 35.4 Å². The number of ether oxygens (including phenoxy) is 4. The zero-order valence-electron chi connectivity index (χ0n) is 51.1. The van der Waals surface area contributed by atoms with Crippen LogP contribution in [0.2, 0.25) is 0 Å². The molecule has 0 aliphatic carbocycles. The van der Waals surface area contributed by atoms with Crippen molar-refractivity contribution in [3.63, 3.8) is 0 Å². The molecule has 2 amide bonds. The average Bonchev–Trinajstić information content (AvgIpc) is 1.80. The van der Waals surface area contributed by atoms with Gasteiger partial charge in [0.05, 0.1) is 48.1 Å². The summed E-state index contributed by atoms with van der Waals surface area (Å²) in [4.78, 5) is 50.6. The molecule has 0 unspecified atom stereocenters. The highest BCUT2D eigenvalue weighted by Gasteiger charge is 2.37. The third-order valence-electron chi connectivity index (χ3n) is 16.9. The molecule has 462 valence electrons. The molecule has 0 bridgehead atoms. The maximum atomic E-state index is 13.4. The number of nitrogens with two attached hydrogens (primary N) is 2. The number of aryl methyl sites for hydroxylation is 4. The molecule has 0 spiro atoms. The smallest absolute Gasteiger partial charge is 0.254 e. The van der Waals surface area contributed by atoms with E-state index >= 15 is 0 Å². The van der Waals surface area contributed by atoms with Crippen molar-refractivity contribution in [1.82, 2.24) is 19.6 Å². The first-order chi connectivity index (χ1) is 41.7. The number of phenolic OH excluding ortho intramolecular Hbond substituents is 2. The lowest BCUT2D eigenvalue weighted by atomic mass is 9.98. The zero-order valence-corrected chi connectivity index (χ0v) is 51.1. The molecule has 11 rings (SSSR count). The van der Waals surface area contributed by atoms with Gasteiger partial charge in [0.15, 0.2) is 29.3 Å². The first-order valence-electron chi connectivity index (χ1n) is 29.6. The predicted molar refractivity (Wildman–Crippen MR) is 339 cm³/mol. The molecule has 6 aromatic rings. The van der Waals surface area contributed by atoms with Gasteiger partial charge in [-0.2, -0.15) is 0 Å². The number of methoxy groups -OCH3 is 2. The minimum atomic E-state index is -0.790. The van der Waals surface area contributed by atoms with Crippen LogP contribution < -0.4 is 41.0 Å². The number of hydrogen-bond donors (Lipinski definition) is 8. The third-order valence-corrected chi connectivity index (χ3v) is 16.9. The highest BCUT2D eigenvalue weighted by Crippen LogP contribution is 2.43. The summed E-state index contributed by atoms with van der Waals surface area (Å²) >= 11 is 0. The largest absolute Gasteiger partial charge is 0.504 e. The summed E-state index contributed by atoms with van der Waals surface area (Å²) in [6.45, 7) is 14.0. The minimum Gasteiger partial charge on any atom is -0.504 e. The van der Waals surface area contributed by atoms with Crippen molar-refractivity contribution < 1.29 is 53.8 Å². The zero-order chi connectivity index (χ0) is 62.2. The number of rotatable bonds is 18. The van der Waals surface area contributed by atoms with Gasteiger partial charge in [0.1, 0.15) is 36.9 Å². The molecule has 2 atom stereocenters. The van der Waals surface area contributed by atoms with Crippen LogP contribution in [0.15, 0.2) is 89.9 Å². The molecule has 6 aromatic carbocycles. The Hall–Kier alpha value is -8.56. The predicted octanol–water partition coefficient (Wildman–Crippen LogP) is 8.18. The molecule has 2 fully saturated rings. The van der Waals surface area contributed by atoms with Crippen LogP contribution in [0.1, 0.15) is 101 Å². The first kappa shape index (κ1) is 63.0. The number of aromatic hydroxyl groups is 2. The number of aliphatic hydroxyl groups excluding tert-OH is 2. The number of carbonyl (C=O) groups excluding carboxylic acids is 3. The second-order valence-electron chi connectivity index (χ2n) is 23.4. The normalized spacial score (nSPS) is 16.6. The summed E-state index contributed by atoms with van der Waals surface area (Å²) in [6.07, 6.45) is 3.51. The number of nitrogens with zero attached hydrogens (tertiary/aromatic N) is 5. The van der Waals surface area contributed by atoms with Crippen molar-refractivity contribution in [3.8, 4) is 34.5 Å². The fourth-order valence-corrected chi connectivity index (χ4v) is 11.9. The standard InChI is InChI=1S/C34H40N4O5.C19H23NO5.C14H20N4O/c1-20-5-7-30(21(2)13-20)43-19-25(39)17-35-27-6-8-31(42-4)33(40)32(27)29-15-22-14-26-23(16-28(22)36-29)18-38(34(26)41)24-9-11-37(3)12-10-24;1-12-4-6-17(13(2)8-12)25-11-14(22)9-20-16-5-7-18(24-3)19(23)15(16)10-21;1-17-4-2-10(3-5-17)18-8-9-6-12(15)13(16)7-11(9)14(18)19/h5-8,13-14,16,24-25,35,39-40H,9-12,15,17-19H2,1-4H3;4-8,10,14,20,22-23H,9,11H2,1-3H3;6-7,10H,2-5,8,15-16H2,1H3/t25-;14-;/m11./s1. The summed E-state index contributed by atoms with van der Waals surface area (Å²) in [5, 5.41) is 48.1. The van der Waals surface area contributed by atoms with Gasteiger partial charge < -0.3 is 81.1 Å². The van der Waals surface area contributed by atoms with E-state index in [0.717, 1.165) is 119 Å². The Kier molecular flexibility index (Phi) is 20.2. The van der Waals surface area contributed by atoms with Crippen LogP contribution in [-0.2, 0) is 19.5 Å². The summed E-state index contributed by atoms with van der Waals surface area (Å²) in [6, 6.07) is 26.6. The van der Waals surface area contributed by atoms with Crippen LogP contribution in [0.4, 0.5) is 28.4 Å². The Morgan fingerprint density at radius 2 is 1.07 bits per heavy atom. The van der Waals surface area contributed by atoms with Crippen LogP contribution in [0.5, 0.6) is 34.5 Å². The van der Waals surface area contributed by atoms with E-state index in [0.29, 0.717) is 71.6 Å². The number of aliphatic hydroxyl groups is 2. The number of aldehydes is 1. The molecule has 5 aliphatic rings. The molecule has 5 heterocycles. The van der Waals surface area contributed by atoms with Crippen molar-refractivity contribution in [2.75, 3.05) is 103 Å². The molecule has 87 heavy (non-hydrogen) atoms. The van der Waals surface area contributed by atoms with E-state index in [9.17, 15) is 34.8 Å². The fraction of sp³-hybridized carbons (Fsp3) is 0.403. The Morgan fingerprint density at radius 3 is 1.57 bits per heavy atom. The minimum absolute atomic E-state index is 0.0165. The highest BCUT2D eigenvalue weighted by atomic mass is 16.5. The number of nitrogen functional groups attached to an aromatic ring is 2. The Balaban J connectivity index is 0.000000173. The molecule has 2 saturated heterocycles. The number of phenols is 2. The average molecular weight is 1190 g/mol. The quantitative estimate of drug-likeness (QED) is 0.0298. The van der Waals surface area contributed by atoms with Gasteiger partial charge in [0.25, 0.3) is 11.8 Å². The molecule has 0 saturated carbocycles. The van der Waals surface area contributed by atoms with Crippen LogP contribution in [-0.4, -0.2) is 169 Å². The number of amides is 2. The van der Waals surface area contributed by atoms with Gasteiger partial charge >= 0.3 is 0 Å². The van der Waals surface area contributed by atoms with Crippen LogP contribution in [0.3, 0.4) is 0 Å². The monoisotopic (exact) mass is 1190 g/mol. The van der Waals surface area contributed by atoms with E-state index in [-0.39, 0.29) is 67.0 Å². The van der Waals surface area contributed by atoms with Gasteiger partial charge in [-0.25, -0.2) is 0 Å². The fourth-order valence-electron chi connectivity index (χ4n) is 11.9. The number of likely N-dealkylation sites (tertiary alicyclic amines) is 2. The van der Waals surface area contributed by atoms with E-state index < -0.39 is 12.2 Å². The molecular weight excluding hydrogens is 1110 g/mol. The molecule has 20 heteroatoms. The summed E-state index contributed by atoms with van der Waals surface area (Å²) < 4.78 is 21.9. The molecule has 0 radical (unpaired) electrons. The number of aliphatic imine (C=N–C) groups is 1. The van der Waals surface area contributed by atoms with E-state index in [1.165, 1.54) is 14.2 Å². The lowest BCUT2D eigenvalue weighted by molar-refractivity contribution is 0.0610. The molecule has 20 nitrogen and oxygen atoms in total. The number of hydrogen-bond acceptors (Lipinski definition) is 18. The Labute approximate surface area is 509 Å². The topological polar surface area (TPSA) is 270 Å². The lowest BCUT2D eigenvalue weighted by Gasteiger charge is -2.34. The summed E-state index contributed by atoms with van der Waals surface area (Å²) in [5.41, 5.74) is 24.6. The van der Waals surface area contributed by atoms with Gasteiger partial charge in [0.2, 0.25) is 0 Å². The molecule has 10 N–H and O–H groups in total. The second kappa shape index (κ2) is 27.9. The lowest BCUT2D eigenvalue weighted by Crippen LogP contribution is -2.43. The van der Waals surface area contributed by atoms with E-state index in [2.05, 4.69) is 34.5 Å². The number of piperidine rings is 2.